The van der Waals surface area contributed by atoms with Crippen LogP contribution in [0, 0.1) is 13.8 Å². The molecule has 1 aromatic rings. The maximum Gasteiger partial charge on any atom is 0.412 e. The van der Waals surface area contributed by atoms with Gasteiger partial charge in [-0.1, -0.05) is 12.1 Å². The van der Waals surface area contributed by atoms with Gasteiger partial charge in [0.05, 0.1) is 0 Å². The predicted molar refractivity (Wildman–Crippen MR) is 102 cm³/mol. The first-order valence-corrected chi connectivity index (χ1v) is 10.0. The van der Waals surface area contributed by atoms with Crippen LogP contribution in [0.15, 0.2) is 17.9 Å². The molecule has 3 aliphatic rings. The molecule has 0 aromatic heterocycles. The van der Waals surface area contributed by atoms with Gasteiger partial charge in [-0.05, 0) is 87.5 Å². The molecule has 1 aliphatic heterocycles. The molecule has 0 saturated heterocycles. The molecular formula is C22H27NO4. The Balaban J connectivity index is 1.83. The van der Waals surface area contributed by atoms with Crippen LogP contribution in [0.2, 0.25) is 0 Å². The quantitative estimate of drug-likeness (QED) is 0.793. The minimum atomic E-state index is -0.786. The predicted octanol–water partition coefficient (Wildman–Crippen LogP) is 4.51. The summed E-state index contributed by atoms with van der Waals surface area (Å²) in [5, 5.41) is 2.66. The van der Waals surface area contributed by atoms with Crippen LogP contribution in [-0.2, 0) is 14.3 Å². The number of alkyl carbamates (subject to hydrolysis) is 1. The summed E-state index contributed by atoms with van der Waals surface area (Å²) >= 11 is 0. The minimum absolute atomic E-state index is 0.374. The molecule has 0 atom stereocenters. The lowest BCUT2D eigenvalue weighted by molar-refractivity contribution is -0.146. The third kappa shape index (κ3) is 3.13. The zero-order valence-corrected chi connectivity index (χ0v) is 16.3. The molecule has 0 radical (unpaired) electrons. The van der Waals surface area contributed by atoms with Gasteiger partial charge in [0.25, 0.3) is 0 Å². The summed E-state index contributed by atoms with van der Waals surface area (Å²) in [6, 6.07) is 4.34. The molecule has 1 N–H and O–H groups in total. The van der Waals surface area contributed by atoms with E-state index >= 15 is 0 Å². The molecule has 1 heterocycles. The van der Waals surface area contributed by atoms with Crippen LogP contribution in [0.1, 0.15) is 73.6 Å². The first-order valence-electron chi connectivity index (χ1n) is 10.0. The van der Waals surface area contributed by atoms with Gasteiger partial charge in [-0.25, -0.2) is 9.59 Å². The van der Waals surface area contributed by atoms with Crippen molar-refractivity contribution in [3.05, 3.63) is 40.1 Å². The highest BCUT2D eigenvalue weighted by atomic mass is 16.6. The molecule has 2 fully saturated rings. The van der Waals surface area contributed by atoms with Gasteiger partial charge >= 0.3 is 12.1 Å². The second kappa shape index (κ2) is 6.70. The number of carbonyl (C=O) groups excluding carboxylic acids is 2. The van der Waals surface area contributed by atoms with Crippen molar-refractivity contribution in [2.24, 2.45) is 0 Å². The van der Waals surface area contributed by atoms with Crippen LogP contribution in [0.25, 0.3) is 5.57 Å². The van der Waals surface area contributed by atoms with Crippen molar-refractivity contribution in [3.8, 4) is 0 Å². The lowest BCUT2D eigenvalue weighted by Gasteiger charge is -2.24. The normalized spacial score (nSPS) is 20.9. The number of esters is 1. The average Bonchev–Trinajstić information content (AvgIpc) is 3.31. The molecule has 4 rings (SSSR count). The van der Waals surface area contributed by atoms with Crippen molar-refractivity contribution in [3.63, 3.8) is 0 Å². The van der Waals surface area contributed by atoms with E-state index in [1.807, 2.05) is 20.8 Å². The monoisotopic (exact) mass is 369 g/mol. The number of hydrogen-bond acceptors (Lipinski definition) is 4. The molecule has 1 spiro atoms. The van der Waals surface area contributed by atoms with E-state index in [2.05, 4.69) is 17.4 Å². The zero-order valence-electron chi connectivity index (χ0n) is 16.3. The summed E-state index contributed by atoms with van der Waals surface area (Å²) in [5.41, 5.74) is 3.91. The number of nitrogens with one attached hydrogen (secondary N) is 1. The summed E-state index contributed by atoms with van der Waals surface area (Å²) in [6.45, 7) is 6.36. The van der Waals surface area contributed by atoms with Crippen molar-refractivity contribution in [1.29, 1.82) is 0 Å². The Labute approximate surface area is 160 Å². The lowest BCUT2D eigenvalue weighted by atomic mass is 9.89. The zero-order chi connectivity index (χ0) is 19.2. The minimum Gasteiger partial charge on any atom is -0.447 e. The summed E-state index contributed by atoms with van der Waals surface area (Å²) in [4.78, 5) is 25.1. The van der Waals surface area contributed by atoms with E-state index < -0.39 is 11.7 Å². The van der Waals surface area contributed by atoms with Gasteiger partial charge in [-0.15, -0.1) is 0 Å². The van der Waals surface area contributed by atoms with E-state index in [0.29, 0.717) is 36.6 Å². The Kier molecular flexibility index (Phi) is 4.49. The molecule has 1 aromatic carbocycles. The highest BCUT2D eigenvalue weighted by Crippen LogP contribution is 2.50. The van der Waals surface area contributed by atoms with Gasteiger partial charge in [0, 0.05) is 6.54 Å². The number of benzene rings is 1. The van der Waals surface area contributed by atoms with Crippen molar-refractivity contribution in [1.82, 2.24) is 5.32 Å². The topological polar surface area (TPSA) is 64.6 Å². The summed E-state index contributed by atoms with van der Waals surface area (Å²) in [7, 11) is 0. The third-order valence-corrected chi connectivity index (χ3v) is 5.91. The molecule has 2 aliphatic carbocycles. The standard InChI is InChI=1S/C22H27NO4/c1-4-23-21(25)26-19-18(20(24)27-22(19)9-5-6-10-22)17-13(2)11-16(12-14(17)3)15-7-8-15/h11-12,15H,4-10H2,1-3H3,(H,23,25). The van der Waals surface area contributed by atoms with E-state index in [4.69, 9.17) is 9.47 Å². The maximum atomic E-state index is 12.9. The summed E-state index contributed by atoms with van der Waals surface area (Å²) in [5.74, 6) is 0.677. The van der Waals surface area contributed by atoms with Crippen molar-refractivity contribution in [2.45, 2.75) is 70.8 Å². The van der Waals surface area contributed by atoms with Gasteiger partial charge in [0.15, 0.2) is 11.4 Å². The molecule has 5 nitrogen and oxygen atoms in total. The fourth-order valence-electron chi connectivity index (χ4n) is 4.55. The Morgan fingerprint density at radius 3 is 2.41 bits per heavy atom. The summed E-state index contributed by atoms with van der Waals surface area (Å²) < 4.78 is 11.6. The van der Waals surface area contributed by atoms with Crippen LogP contribution in [0.4, 0.5) is 4.79 Å². The van der Waals surface area contributed by atoms with Gasteiger partial charge in [0.1, 0.15) is 5.57 Å². The van der Waals surface area contributed by atoms with Crippen LogP contribution in [0.3, 0.4) is 0 Å². The number of hydrogen-bond donors (Lipinski definition) is 1. The number of rotatable bonds is 4. The van der Waals surface area contributed by atoms with Crippen molar-refractivity contribution in [2.75, 3.05) is 6.54 Å². The first-order chi connectivity index (χ1) is 12.9. The van der Waals surface area contributed by atoms with E-state index in [1.54, 1.807) is 0 Å². The smallest absolute Gasteiger partial charge is 0.412 e. The molecular weight excluding hydrogens is 342 g/mol. The second-order valence-corrected chi connectivity index (χ2v) is 8.02. The van der Waals surface area contributed by atoms with Gasteiger partial charge < -0.3 is 14.8 Å². The Bertz CT molecular complexity index is 806. The number of aryl methyl sites for hydroxylation is 2. The fourth-order valence-corrected chi connectivity index (χ4v) is 4.55. The van der Waals surface area contributed by atoms with Crippen LogP contribution in [-0.4, -0.2) is 24.2 Å². The first kappa shape index (κ1) is 18.1. The largest absolute Gasteiger partial charge is 0.447 e. The molecule has 0 bridgehead atoms. The molecule has 1 amide bonds. The average molecular weight is 369 g/mol. The van der Waals surface area contributed by atoms with Gasteiger partial charge in [-0.3, -0.25) is 0 Å². The molecule has 2 saturated carbocycles. The third-order valence-electron chi connectivity index (χ3n) is 5.91. The second-order valence-electron chi connectivity index (χ2n) is 8.02. The van der Waals surface area contributed by atoms with Crippen LogP contribution < -0.4 is 5.32 Å². The van der Waals surface area contributed by atoms with E-state index in [9.17, 15) is 9.59 Å². The maximum absolute atomic E-state index is 12.9. The SMILES string of the molecule is CCNC(=O)OC1=C(c2c(C)cc(C3CC3)cc2C)C(=O)OC12CCCC2. The Morgan fingerprint density at radius 1 is 1.22 bits per heavy atom. The number of amides is 1. The Hall–Kier alpha value is -2.30. The Morgan fingerprint density at radius 2 is 1.85 bits per heavy atom. The van der Waals surface area contributed by atoms with E-state index in [-0.39, 0.29) is 5.97 Å². The van der Waals surface area contributed by atoms with Crippen molar-refractivity contribution >= 4 is 17.6 Å². The fraction of sp³-hybridized carbons (Fsp3) is 0.545. The highest BCUT2D eigenvalue weighted by Gasteiger charge is 2.52. The van der Waals surface area contributed by atoms with Gasteiger partial charge in [0.2, 0.25) is 0 Å². The van der Waals surface area contributed by atoms with E-state index in [1.165, 1.54) is 18.4 Å². The molecule has 144 valence electrons. The number of ether oxygens (including phenoxy) is 2. The van der Waals surface area contributed by atoms with Crippen LogP contribution in [0.5, 0.6) is 0 Å². The van der Waals surface area contributed by atoms with Crippen molar-refractivity contribution < 1.29 is 19.1 Å². The molecule has 5 heteroatoms. The van der Waals surface area contributed by atoms with E-state index in [0.717, 1.165) is 29.5 Å². The molecule has 0 unspecified atom stereocenters. The lowest BCUT2D eigenvalue weighted by Crippen LogP contribution is -2.33. The summed E-state index contributed by atoms with van der Waals surface area (Å²) in [6.07, 6.45) is 5.27. The highest BCUT2D eigenvalue weighted by molar-refractivity contribution is 6.20. The van der Waals surface area contributed by atoms with Crippen LogP contribution >= 0.6 is 0 Å². The molecule has 27 heavy (non-hydrogen) atoms. The van der Waals surface area contributed by atoms with Gasteiger partial charge in [-0.2, -0.15) is 0 Å². The number of carbonyl (C=O) groups is 2.